The molecule has 1 aliphatic rings. The molecular formula is C11H15FN2. The van der Waals surface area contributed by atoms with Gasteiger partial charge in [-0.05, 0) is 31.0 Å². The third kappa shape index (κ3) is 1.54. The number of anilines is 2. The molecule has 76 valence electrons. The first-order chi connectivity index (χ1) is 6.70. The van der Waals surface area contributed by atoms with Crippen molar-refractivity contribution in [2.75, 3.05) is 17.2 Å². The van der Waals surface area contributed by atoms with E-state index in [2.05, 4.69) is 17.6 Å². The predicted octanol–water partition coefficient (Wildman–Crippen LogP) is 2.75. The van der Waals surface area contributed by atoms with Gasteiger partial charge in [0, 0.05) is 12.6 Å². The molecule has 2 nitrogen and oxygen atoms in total. The summed E-state index contributed by atoms with van der Waals surface area (Å²) < 4.78 is 13.2. The van der Waals surface area contributed by atoms with Crippen LogP contribution in [0.2, 0.25) is 0 Å². The topological polar surface area (TPSA) is 24.1 Å². The standard InChI is InChI=1S/C11H15FN2/c1-3-8-6-13-10-5-9(12)7(2)4-11(10)14-8/h4-5,8,13-14H,3,6H2,1-2H3. The van der Waals surface area contributed by atoms with E-state index in [-0.39, 0.29) is 5.82 Å². The lowest BCUT2D eigenvalue weighted by Crippen LogP contribution is -2.32. The maximum Gasteiger partial charge on any atom is 0.128 e. The molecule has 0 bridgehead atoms. The quantitative estimate of drug-likeness (QED) is 0.718. The molecule has 0 spiro atoms. The number of aryl methyl sites for hydroxylation is 1. The Kier molecular flexibility index (Phi) is 2.32. The van der Waals surface area contributed by atoms with Gasteiger partial charge in [-0.15, -0.1) is 0 Å². The second-order valence-corrected chi connectivity index (χ2v) is 3.78. The number of nitrogens with one attached hydrogen (secondary N) is 2. The molecule has 0 fully saturated rings. The highest BCUT2D eigenvalue weighted by molar-refractivity contribution is 5.72. The molecule has 1 aromatic rings. The van der Waals surface area contributed by atoms with Crippen LogP contribution in [0.3, 0.4) is 0 Å². The minimum absolute atomic E-state index is 0.145. The fraction of sp³-hybridized carbons (Fsp3) is 0.455. The Morgan fingerprint density at radius 2 is 2.21 bits per heavy atom. The molecule has 1 heterocycles. The Hall–Kier alpha value is -1.25. The van der Waals surface area contributed by atoms with Gasteiger partial charge in [0.15, 0.2) is 0 Å². The summed E-state index contributed by atoms with van der Waals surface area (Å²) in [5.41, 5.74) is 2.58. The maximum atomic E-state index is 13.2. The van der Waals surface area contributed by atoms with Crippen molar-refractivity contribution in [1.82, 2.24) is 0 Å². The van der Waals surface area contributed by atoms with Gasteiger partial charge in [0.25, 0.3) is 0 Å². The van der Waals surface area contributed by atoms with Gasteiger partial charge in [0.1, 0.15) is 5.82 Å². The SMILES string of the molecule is CCC1CNc2cc(F)c(C)cc2N1. The highest BCUT2D eigenvalue weighted by Gasteiger charge is 2.16. The van der Waals surface area contributed by atoms with E-state index in [4.69, 9.17) is 0 Å². The van der Waals surface area contributed by atoms with Crippen LogP contribution in [0.25, 0.3) is 0 Å². The molecular weight excluding hydrogens is 179 g/mol. The normalized spacial score (nSPS) is 19.5. The average molecular weight is 194 g/mol. The lowest BCUT2D eigenvalue weighted by Gasteiger charge is -2.28. The molecule has 0 radical (unpaired) electrons. The second kappa shape index (κ2) is 3.48. The number of benzene rings is 1. The molecule has 0 amide bonds. The fourth-order valence-corrected chi connectivity index (χ4v) is 1.70. The summed E-state index contributed by atoms with van der Waals surface area (Å²) in [6, 6.07) is 3.87. The van der Waals surface area contributed by atoms with Crippen LogP contribution >= 0.6 is 0 Å². The Morgan fingerprint density at radius 1 is 1.43 bits per heavy atom. The maximum absolute atomic E-state index is 13.2. The molecule has 1 atom stereocenters. The number of hydrogen-bond donors (Lipinski definition) is 2. The van der Waals surface area contributed by atoms with Crippen LogP contribution in [0.1, 0.15) is 18.9 Å². The largest absolute Gasteiger partial charge is 0.381 e. The van der Waals surface area contributed by atoms with Crippen molar-refractivity contribution in [1.29, 1.82) is 0 Å². The van der Waals surface area contributed by atoms with Crippen molar-refractivity contribution in [3.63, 3.8) is 0 Å². The van der Waals surface area contributed by atoms with Crippen LogP contribution in [-0.4, -0.2) is 12.6 Å². The Balaban J connectivity index is 2.33. The Morgan fingerprint density at radius 3 is 2.93 bits per heavy atom. The van der Waals surface area contributed by atoms with Gasteiger partial charge >= 0.3 is 0 Å². The van der Waals surface area contributed by atoms with E-state index in [1.165, 1.54) is 0 Å². The number of fused-ring (bicyclic) bond motifs is 1. The van der Waals surface area contributed by atoms with E-state index in [1.807, 2.05) is 6.07 Å². The van der Waals surface area contributed by atoms with E-state index < -0.39 is 0 Å². The molecule has 14 heavy (non-hydrogen) atoms. The van der Waals surface area contributed by atoms with Gasteiger partial charge in [0.2, 0.25) is 0 Å². The summed E-state index contributed by atoms with van der Waals surface area (Å²) in [7, 11) is 0. The van der Waals surface area contributed by atoms with E-state index in [0.717, 1.165) is 24.3 Å². The summed E-state index contributed by atoms with van der Waals surface area (Å²) in [4.78, 5) is 0. The zero-order chi connectivity index (χ0) is 10.1. The number of halogens is 1. The van der Waals surface area contributed by atoms with Crippen LogP contribution in [-0.2, 0) is 0 Å². The Bertz CT molecular complexity index is 349. The Labute approximate surface area is 83.5 Å². The minimum atomic E-state index is -0.145. The first-order valence-corrected chi connectivity index (χ1v) is 5.01. The average Bonchev–Trinajstić information content (AvgIpc) is 2.19. The van der Waals surface area contributed by atoms with Crippen LogP contribution in [0.15, 0.2) is 12.1 Å². The molecule has 0 saturated carbocycles. The van der Waals surface area contributed by atoms with Crippen molar-refractivity contribution in [2.45, 2.75) is 26.3 Å². The first kappa shape index (κ1) is 9.31. The third-order valence-electron chi connectivity index (χ3n) is 2.69. The van der Waals surface area contributed by atoms with Crippen LogP contribution in [0.5, 0.6) is 0 Å². The molecule has 1 aromatic carbocycles. The van der Waals surface area contributed by atoms with E-state index >= 15 is 0 Å². The number of hydrogen-bond acceptors (Lipinski definition) is 2. The van der Waals surface area contributed by atoms with E-state index in [0.29, 0.717) is 11.6 Å². The number of rotatable bonds is 1. The van der Waals surface area contributed by atoms with Gasteiger partial charge < -0.3 is 10.6 Å². The summed E-state index contributed by atoms with van der Waals surface area (Å²) in [6.45, 7) is 4.79. The molecule has 2 rings (SSSR count). The second-order valence-electron chi connectivity index (χ2n) is 3.78. The van der Waals surface area contributed by atoms with E-state index in [1.54, 1.807) is 13.0 Å². The molecule has 2 N–H and O–H groups in total. The van der Waals surface area contributed by atoms with Crippen LogP contribution in [0.4, 0.5) is 15.8 Å². The van der Waals surface area contributed by atoms with Crippen molar-refractivity contribution in [2.24, 2.45) is 0 Å². The third-order valence-corrected chi connectivity index (χ3v) is 2.69. The molecule has 0 aromatic heterocycles. The monoisotopic (exact) mass is 194 g/mol. The van der Waals surface area contributed by atoms with Crippen LogP contribution in [0, 0.1) is 12.7 Å². The summed E-state index contributed by atoms with van der Waals surface area (Å²) in [5, 5.41) is 6.61. The van der Waals surface area contributed by atoms with Gasteiger partial charge in [-0.25, -0.2) is 4.39 Å². The van der Waals surface area contributed by atoms with Crippen molar-refractivity contribution < 1.29 is 4.39 Å². The lowest BCUT2D eigenvalue weighted by molar-refractivity contribution is 0.617. The predicted molar refractivity (Wildman–Crippen MR) is 57.3 cm³/mol. The highest BCUT2D eigenvalue weighted by atomic mass is 19.1. The van der Waals surface area contributed by atoms with Gasteiger partial charge in [-0.1, -0.05) is 6.92 Å². The van der Waals surface area contributed by atoms with Crippen molar-refractivity contribution in [3.05, 3.63) is 23.5 Å². The molecule has 0 aliphatic carbocycles. The molecule has 3 heteroatoms. The zero-order valence-electron chi connectivity index (χ0n) is 8.52. The van der Waals surface area contributed by atoms with Crippen molar-refractivity contribution >= 4 is 11.4 Å². The molecule has 1 unspecified atom stereocenters. The lowest BCUT2D eigenvalue weighted by atomic mass is 10.1. The van der Waals surface area contributed by atoms with Gasteiger partial charge in [-0.2, -0.15) is 0 Å². The first-order valence-electron chi connectivity index (χ1n) is 5.01. The van der Waals surface area contributed by atoms with Gasteiger partial charge in [0.05, 0.1) is 11.4 Å². The summed E-state index contributed by atoms with van der Waals surface area (Å²) in [6.07, 6.45) is 1.07. The summed E-state index contributed by atoms with van der Waals surface area (Å²) in [5.74, 6) is -0.145. The van der Waals surface area contributed by atoms with E-state index in [9.17, 15) is 4.39 Å². The highest BCUT2D eigenvalue weighted by Crippen LogP contribution is 2.29. The van der Waals surface area contributed by atoms with Crippen molar-refractivity contribution in [3.8, 4) is 0 Å². The zero-order valence-corrected chi connectivity index (χ0v) is 8.52. The molecule has 0 saturated heterocycles. The molecule has 1 aliphatic heterocycles. The minimum Gasteiger partial charge on any atom is -0.381 e. The fourth-order valence-electron chi connectivity index (χ4n) is 1.70. The smallest absolute Gasteiger partial charge is 0.128 e. The van der Waals surface area contributed by atoms with Gasteiger partial charge in [-0.3, -0.25) is 0 Å². The summed E-state index contributed by atoms with van der Waals surface area (Å²) >= 11 is 0. The van der Waals surface area contributed by atoms with Crippen LogP contribution < -0.4 is 10.6 Å².